The van der Waals surface area contributed by atoms with Crippen LogP contribution in [0.2, 0.25) is 0 Å². The lowest BCUT2D eigenvalue weighted by Gasteiger charge is -2.16. The Morgan fingerprint density at radius 2 is 0.891 bits per heavy atom. The van der Waals surface area contributed by atoms with E-state index < -0.39 is 0 Å². The van der Waals surface area contributed by atoms with Gasteiger partial charge in [0.05, 0.1) is 16.7 Å². The number of nitrogens with zero attached hydrogens (tertiary/aromatic N) is 4. The maximum absolute atomic E-state index is 5.16. The fourth-order valence-electron chi connectivity index (χ4n) is 8.19. The van der Waals surface area contributed by atoms with Gasteiger partial charge < -0.3 is 4.57 Å². The molecule has 0 N–H and O–H groups in total. The first-order chi connectivity index (χ1) is 27.3. The Kier molecular flexibility index (Phi) is 7.14. The molecule has 0 aliphatic rings. The second-order valence-corrected chi connectivity index (χ2v) is 14.0. The third kappa shape index (κ3) is 5.19. The van der Waals surface area contributed by atoms with E-state index in [9.17, 15) is 0 Å². The Balaban J connectivity index is 1.24. The highest BCUT2D eigenvalue weighted by molar-refractivity contribution is 6.24. The normalized spacial score (nSPS) is 11.6. The molecule has 11 rings (SSSR count). The molecule has 256 valence electrons. The van der Waals surface area contributed by atoms with Crippen molar-refractivity contribution in [1.29, 1.82) is 0 Å². The monoisotopic (exact) mass is 700 g/mol. The van der Waals surface area contributed by atoms with Crippen LogP contribution in [0.25, 0.3) is 105 Å². The summed E-state index contributed by atoms with van der Waals surface area (Å²) in [6.07, 6.45) is 0. The van der Waals surface area contributed by atoms with E-state index in [1.165, 1.54) is 43.4 Å². The number of hydrogen-bond acceptors (Lipinski definition) is 3. The summed E-state index contributed by atoms with van der Waals surface area (Å²) in [6, 6.07) is 68.8. The van der Waals surface area contributed by atoms with E-state index >= 15 is 0 Å². The van der Waals surface area contributed by atoms with Gasteiger partial charge in [0.2, 0.25) is 0 Å². The average molecular weight is 701 g/mol. The number of rotatable bonds is 5. The minimum atomic E-state index is 0.635. The topological polar surface area (TPSA) is 43.6 Å². The van der Waals surface area contributed by atoms with Crippen LogP contribution in [0, 0.1) is 0 Å². The smallest absolute Gasteiger partial charge is 0.164 e. The second kappa shape index (κ2) is 12.6. The van der Waals surface area contributed by atoms with E-state index in [4.69, 9.17) is 15.0 Å². The lowest BCUT2D eigenvalue weighted by Crippen LogP contribution is -2.02. The summed E-state index contributed by atoms with van der Waals surface area (Å²) < 4.78 is 2.46. The van der Waals surface area contributed by atoms with Gasteiger partial charge in [0.1, 0.15) is 0 Å². The van der Waals surface area contributed by atoms with Crippen molar-refractivity contribution in [2.75, 3.05) is 0 Å². The van der Waals surface area contributed by atoms with Gasteiger partial charge in [-0.05, 0) is 74.5 Å². The van der Waals surface area contributed by atoms with Crippen LogP contribution in [0.4, 0.5) is 0 Å². The molecule has 11 aromatic rings. The fourth-order valence-corrected chi connectivity index (χ4v) is 8.19. The minimum absolute atomic E-state index is 0.635. The van der Waals surface area contributed by atoms with E-state index in [1.54, 1.807) is 0 Å². The Morgan fingerprint density at radius 3 is 1.58 bits per heavy atom. The molecule has 4 heteroatoms. The number of aromatic nitrogens is 4. The lowest BCUT2D eigenvalue weighted by atomic mass is 9.96. The Labute approximate surface area is 317 Å². The third-order valence-electron chi connectivity index (χ3n) is 10.8. The first kappa shape index (κ1) is 31.1. The highest BCUT2D eigenvalue weighted by atomic mass is 15.0. The summed E-state index contributed by atoms with van der Waals surface area (Å²) in [6.45, 7) is 0. The quantitative estimate of drug-likeness (QED) is 0.179. The van der Waals surface area contributed by atoms with Crippen LogP contribution in [0.3, 0.4) is 0 Å². The number of fused-ring (bicyclic) bond motifs is 7. The van der Waals surface area contributed by atoms with Gasteiger partial charge in [-0.15, -0.1) is 0 Å². The van der Waals surface area contributed by atoms with Crippen molar-refractivity contribution < 1.29 is 0 Å². The van der Waals surface area contributed by atoms with Crippen LogP contribution in [0.5, 0.6) is 0 Å². The zero-order chi connectivity index (χ0) is 36.3. The largest absolute Gasteiger partial charge is 0.309 e. The Bertz CT molecular complexity index is 3180. The molecule has 0 spiro atoms. The molecule has 9 aromatic carbocycles. The van der Waals surface area contributed by atoms with Gasteiger partial charge in [-0.25, -0.2) is 15.0 Å². The third-order valence-corrected chi connectivity index (χ3v) is 10.8. The van der Waals surface area contributed by atoms with E-state index in [2.05, 4.69) is 162 Å². The van der Waals surface area contributed by atoms with Crippen LogP contribution < -0.4 is 0 Å². The van der Waals surface area contributed by atoms with E-state index in [-0.39, 0.29) is 0 Å². The molecule has 0 fully saturated rings. The van der Waals surface area contributed by atoms with E-state index in [0.29, 0.717) is 17.5 Å². The number of hydrogen-bond donors (Lipinski definition) is 0. The maximum atomic E-state index is 5.16. The van der Waals surface area contributed by atoms with Gasteiger partial charge in [0.25, 0.3) is 0 Å². The van der Waals surface area contributed by atoms with E-state index in [0.717, 1.165) is 44.3 Å². The van der Waals surface area contributed by atoms with Crippen molar-refractivity contribution in [3.8, 4) is 51.0 Å². The van der Waals surface area contributed by atoms with Crippen molar-refractivity contribution in [3.05, 3.63) is 194 Å². The predicted octanol–water partition coefficient (Wildman–Crippen LogP) is 13.1. The lowest BCUT2D eigenvalue weighted by molar-refractivity contribution is 1.08. The summed E-state index contributed by atoms with van der Waals surface area (Å²) in [5, 5.41) is 9.59. The predicted molar refractivity (Wildman–Crippen MR) is 228 cm³/mol. The molecule has 0 aliphatic heterocycles. The summed E-state index contributed by atoms with van der Waals surface area (Å²) >= 11 is 0. The zero-order valence-electron chi connectivity index (χ0n) is 29.8. The van der Waals surface area contributed by atoms with E-state index in [1.807, 2.05) is 36.4 Å². The molecule has 0 unspecified atom stereocenters. The molecule has 0 saturated heterocycles. The molecule has 0 aliphatic carbocycles. The summed E-state index contributed by atoms with van der Waals surface area (Å²) in [5.74, 6) is 1.92. The first-order valence-electron chi connectivity index (χ1n) is 18.6. The molecular formula is C51H32N4. The molecule has 4 nitrogen and oxygen atoms in total. The summed E-state index contributed by atoms with van der Waals surface area (Å²) in [4.78, 5) is 15.3. The Morgan fingerprint density at radius 1 is 0.309 bits per heavy atom. The highest BCUT2D eigenvalue weighted by Crippen LogP contribution is 2.42. The second-order valence-electron chi connectivity index (χ2n) is 14.0. The average Bonchev–Trinajstić information content (AvgIpc) is 3.59. The van der Waals surface area contributed by atoms with Crippen molar-refractivity contribution in [3.63, 3.8) is 0 Å². The van der Waals surface area contributed by atoms with Crippen LogP contribution in [0.15, 0.2) is 194 Å². The molecule has 2 heterocycles. The van der Waals surface area contributed by atoms with Gasteiger partial charge >= 0.3 is 0 Å². The van der Waals surface area contributed by atoms with Gasteiger partial charge in [-0.1, -0.05) is 158 Å². The molecule has 0 amide bonds. The molecule has 55 heavy (non-hydrogen) atoms. The van der Waals surface area contributed by atoms with Crippen LogP contribution >= 0.6 is 0 Å². The minimum Gasteiger partial charge on any atom is -0.309 e. The van der Waals surface area contributed by atoms with Crippen molar-refractivity contribution >= 4 is 54.1 Å². The van der Waals surface area contributed by atoms with Crippen LogP contribution in [-0.4, -0.2) is 19.5 Å². The molecule has 0 radical (unpaired) electrons. The maximum Gasteiger partial charge on any atom is 0.164 e. The van der Waals surface area contributed by atoms with Crippen molar-refractivity contribution in [2.45, 2.75) is 0 Å². The van der Waals surface area contributed by atoms with Gasteiger partial charge in [-0.3, -0.25) is 0 Å². The fraction of sp³-hybridized carbons (Fsp3) is 0. The van der Waals surface area contributed by atoms with Crippen LogP contribution in [0.1, 0.15) is 0 Å². The van der Waals surface area contributed by atoms with Crippen LogP contribution in [-0.2, 0) is 0 Å². The highest BCUT2D eigenvalue weighted by Gasteiger charge is 2.21. The Hall–Kier alpha value is -7.43. The number of benzene rings is 9. The summed E-state index contributed by atoms with van der Waals surface area (Å²) in [7, 11) is 0. The molecule has 0 atom stereocenters. The summed E-state index contributed by atoms with van der Waals surface area (Å²) in [5.41, 5.74) is 8.59. The first-order valence-corrected chi connectivity index (χ1v) is 18.6. The van der Waals surface area contributed by atoms with Crippen molar-refractivity contribution in [2.24, 2.45) is 0 Å². The van der Waals surface area contributed by atoms with Gasteiger partial charge in [0.15, 0.2) is 17.5 Å². The zero-order valence-corrected chi connectivity index (χ0v) is 29.8. The SMILES string of the molecule is c1ccc(-c2ccc3c(-c4nc(-c5ccccc5)nc(-c5ccccc5)n4)ccc(-n4c5cc6ccccc6cc5c5c6ccccc6ccc54)c3c2)cc1. The standard InChI is InChI=1S/C51H32N4/c1-4-14-33(15-5-1)39-24-26-41-42(51-53-49(35-17-6-2-7-18-35)52-50(54-51)36-19-8-3-9-20-36)27-29-45(43(41)30-39)55-46-28-25-34-16-12-13-23-40(34)48(46)44-31-37-21-10-11-22-38(37)32-47(44)55/h1-32H. The van der Waals surface area contributed by atoms with Gasteiger partial charge in [-0.2, -0.15) is 0 Å². The molecular weight excluding hydrogens is 669 g/mol. The molecule has 2 aromatic heterocycles. The molecule has 0 bridgehead atoms. The van der Waals surface area contributed by atoms with Crippen molar-refractivity contribution in [1.82, 2.24) is 19.5 Å². The molecule has 0 saturated carbocycles. The van der Waals surface area contributed by atoms with Gasteiger partial charge in [0, 0.05) is 32.8 Å².